The minimum absolute atomic E-state index is 0.134. The number of carbonyl (C=O) groups excluding carboxylic acids is 1. The van der Waals surface area contributed by atoms with E-state index in [1.165, 1.54) is 0 Å². The number of nitrogens with one attached hydrogen (secondary N) is 2. The molecule has 1 atom stereocenters. The van der Waals surface area contributed by atoms with Crippen LogP contribution in [0.15, 0.2) is 28.8 Å². The molecule has 1 aromatic heterocycles. The highest BCUT2D eigenvalue weighted by Crippen LogP contribution is 2.25. The van der Waals surface area contributed by atoms with E-state index >= 15 is 0 Å². The van der Waals surface area contributed by atoms with Crippen molar-refractivity contribution in [2.45, 2.75) is 19.4 Å². The van der Waals surface area contributed by atoms with Crippen LogP contribution in [0.5, 0.6) is 0 Å². The molecule has 2 aromatic rings. The van der Waals surface area contributed by atoms with Crippen LogP contribution < -0.4 is 10.6 Å². The third-order valence-corrected chi connectivity index (χ3v) is 2.85. The number of amides is 1. The molecule has 1 aliphatic heterocycles. The number of rotatable bonds is 2. The summed E-state index contributed by atoms with van der Waals surface area (Å²) in [5.74, 6) is 0.322. The van der Waals surface area contributed by atoms with Crippen molar-refractivity contribution in [1.29, 1.82) is 0 Å². The van der Waals surface area contributed by atoms with E-state index in [1.807, 2.05) is 24.3 Å². The molecule has 0 radical (unpaired) electrons. The highest BCUT2D eigenvalue weighted by Gasteiger charge is 2.27. The lowest BCUT2D eigenvalue weighted by molar-refractivity contribution is -0.116. The predicted octanol–water partition coefficient (Wildman–Crippen LogP) is 1.35. The summed E-state index contributed by atoms with van der Waals surface area (Å²) in [5, 5.41) is 9.37. The average Bonchev–Trinajstić information content (AvgIpc) is 2.95. The fourth-order valence-corrected chi connectivity index (χ4v) is 2.00. The van der Waals surface area contributed by atoms with E-state index in [4.69, 9.17) is 4.52 Å². The molecule has 0 spiro atoms. The van der Waals surface area contributed by atoms with E-state index < -0.39 is 0 Å². The molecule has 0 fully saturated rings. The van der Waals surface area contributed by atoms with Crippen LogP contribution in [0, 0.1) is 6.92 Å². The summed E-state index contributed by atoms with van der Waals surface area (Å²) < 4.78 is 4.85. The quantitative estimate of drug-likeness (QED) is 0.833. The zero-order valence-electron chi connectivity index (χ0n) is 9.80. The summed E-state index contributed by atoms with van der Waals surface area (Å²) in [6.07, 6.45) is 0.662. The van der Waals surface area contributed by atoms with Gasteiger partial charge < -0.3 is 9.84 Å². The topological polar surface area (TPSA) is 80.0 Å². The van der Waals surface area contributed by atoms with Crippen molar-refractivity contribution in [2.24, 2.45) is 0 Å². The number of nitrogens with zero attached hydrogens (tertiary/aromatic N) is 2. The predicted molar refractivity (Wildman–Crippen MR) is 65.2 cm³/mol. The van der Waals surface area contributed by atoms with Crippen molar-refractivity contribution in [3.05, 3.63) is 35.7 Å². The number of carbonyl (C=O) groups is 1. The van der Waals surface area contributed by atoms with Crippen LogP contribution in [-0.2, 0) is 11.2 Å². The maximum atomic E-state index is 12.0. The highest BCUT2D eigenvalue weighted by molar-refractivity contribution is 5.96. The normalized spacial score (nSPS) is 17.1. The van der Waals surface area contributed by atoms with Crippen molar-refractivity contribution in [1.82, 2.24) is 10.1 Å². The Kier molecular flexibility index (Phi) is 2.47. The number of aryl methyl sites for hydroxylation is 1. The number of para-hydroxylation sites is 1. The largest absolute Gasteiger partial charge is 0.373 e. The Hall–Kier alpha value is -2.37. The summed E-state index contributed by atoms with van der Waals surface area (Å²) in [4.78, 5) is 15.9. The van der Waals surface area contributed by atoms with Crippen LogP contribution in [0.4, 0.5) is 11.7 Å². The van der Waals surface area contributed by atoms with E-state index in [-0.39, 0.29) is 18.0 Å². The van der Waals surface area contributed by atoms with Gasteiger partial charge in [-0.15, -0.1) is 0 Å². The number of fused-ring (bicyclic) bond motifs is 1. The molecule has 1 amide bonds. The van der Waals surface area contributed by atoms with E-state index in [0.29, 0.717) is 12.2 Å². The second-order valence-electron chi connectivity index (χ2n) is 4.19. The highest BCUT2D eigenvalue weighted by atomic mass is 16.5. The lowest BCUT2D eigenvalue weighted by Gasteiger charge is -2.08. The summed E-state index contributed by atoms with van der Waals surface area (Å²) in [5.41, 5.74) is 2.14. The standard InChI is InChI=1S/C12H12N4O2/c1-7-13-12(18-16-7)15-11(17)10-6-8-4-2-3-5-9(8)14-10/h2-5,10,14H,6H2,1H3,(H,13,15,16,17). The Morgan fingerprint density at radius 1 is 1.50 bits per heavy atom. The van der Waals surface area contributed by atoms with Crippen molar-refractivity contribution in [3.8, 4) is 0 Å². The van der Waals surface area contributed by atoms with Crippen LogP contribution in [0.3, 0.4) is 0 Å². The first-order chi connectivity index (χ1) is 8.72. The van der Waals surface area contributed by atoms with Crippen LogP contribution in [0.25, 0.3) is 0 Å². The minimum Gasteiger partial charge on any atom is -0.373 e. The molecule has 0 aliphatic carbocycles. The molecule has 2 N–H and O–H groups in total. The van der Waals surface area contributed by atoms with Gasteiger partial charge in [-0.25, -0.2) is 0 Å². The van der Waals surface area contributed by atoms with Gasteiger partial charge in [0.05, 0.1) is 0 Å². The van der Waals surface area contributed by atoms with Gasteiger partial charge in [-0.05, 0) is 18.6 Å². The third-order valence-electron chi connectivity index (χ3n) is 2.85. The molecule has 0 saturated heterocycles. The Morgan fingerprint density at radius 2 is 2.33 bits per heavy atom. The zero-order valence-corrected chi connectivity index (χ0v) is 9.80. The average molecular weight is 244 g/mol. The maximum Gasteiger partial charge on any atom is 0.328 e. The molecule has 0 bridgehead atoms. The van der Waals surface area contributed by atoms with Crippen molar-refractivity contribution < 1.29 is 9.32 Å². The summed E-state index contributed by atoms with van der Waals surface area (Å²) >= 11 is 0. The summed E-state index contributed by atoms with van der Waals surface area (Å²) in [6, 6.07) is 7.70. The molecule has 92 valence electrons. The van der Waals surface area contributed by atoms with Gasteiger partial charge >= 0.3 is 6.01 Å². The van der Waals surface area contributed by atoms with Crippen LogP contribution in [0.1, 0.15) is 11.4 Å². The van der Waals surface area contributed by atoms with Crippen molar-refractivity contribution in [3.63, 3.8) is 0 Å². The number of aromatic nitrogens is 2. The Balaban J connectivity index is 1.69. The van der Waals surface area contributed by atoms with Gasteiger partial charge in [0.25, 0.3) is 5.91 Å². The van der Waals surface area contributed by atoms with Crippen molar-refractivity contribution in [2.75, 3.05) is 10.6 Å². The molecule has 1 aliphatic rings. The fourth-order valence-electron chi connectivity index (χ4n) is 2.00. The van der Waals surface area contributed by atoms with Gasteiger partial charge in [-0.1, -0.05) is 23.4 Å². The van der Waals surface area contributed by atoms with Gasteiger partial charge in [0.15, 0.2) is 5.82 Å². The van der Waals surface area contributed by atoms with E-state index in [0.717, 1.165) is 11.3 Å². The van der Waals surface area contributed by atoms with Gasteiger partial charge in [0, 0.05) is 12.1 Å². The van der Waals surface area contributed by atoms with E-state index in [1.54, 1.807) is 6.92 Å². The van der Waals surface area contributed by atoms with E-state index in [9.17, 15) is 4.79 Å². The first-order valence-electron chi connectivity index (χ1n) is 5.68. The molecular weight excluding hydrogens is 232 g/mol. The minimum atomic E-state index is -0.297. The first kappa shape index (κ1) is 10.8. The second-order valence-corrected chi connectivity index (χ2v) is 4.19. The molecule has 18 heavy (non-hydrogen) atoms. The van der Waals surface area contributed by atoms with Crippen LogP contribution >= 0.6 is 0 Å². The Morgan fingerprint density at radius 3 is 3.06 bits per heavy atom. The summed E-state index contributed by atoms with van der Waals surface area (Å²) in [6.45, 7) is 1.70. The second kappa shape index (κ2) is 4.14. The van der Waals surface area contributed by atoms with Gasteiger partial charge in [-0.2, -0.15) is 4.98 Å². The molecule has 2 heterocycles. The van der Waals surface area contributed by atoms with Gasteiger partial charge in [0.2, 0.25) is 0 Å². The SMILES string of the molecule is Cc1noc(NC(=O)C2Cc3ccccc3N2)n1. The Bertz CT molecular complexity index is 568. The molecule has 6 heteroatoms. The smallest absolute Gasteiger partial charge is 0.328 e. The summed E-state index contributed by atoms with van der Waals surface area (Å²) in [7, 11) is 0. The monoisotopic (exact) mass is 244 g/mol. The molecule has 3 rings (SSSR count). The molecule has 1 unspecified atom stereocenters. The number of benzene rings is 1. The van der Waals surface area contributed by atoms with Gasteiger partial charge in [0.1, 0.15) is 6.04 Å². The number of anilines is 2. The molecule has 6 nitrogen and oxygen atoms in total. The number of hydrogen-bond acceptors (Lipinski definition) is 5. The lowest BCUT2D eigenvalue weighted by Crippen LogP contribution is -2.32. The molecule has 1 aromatic carbocycles. The van der Waals surface area contributed by atoms with Gasteiger partial charge in [-0.3, -0.25) is 10.1 Å². The molecule has 0 saturated carbocycles. The first-order valence-corrected chi connectivity index (χ1v) is 5.68. The van der Waals surface area contributed by atoms with Crippen LogP contribution in [0.2, 0.25) is 0 Å². The lowest BCUT2D eigenvalue weighted by atomic mass is 10.1. The van der Waals surface area contributed by atoms with Crippen LogP contribution in [-0.4, -0.2) is 22.1 Å². The Labute approximate surface area is 103 Å². The van der Waals surface area contributed by atoms with Crippen molar-refractivity contribution >= 4 is 17.6 Å². The maximum absolute atomic E-state index is 12.0. The fraction of sp³-hybridized carbons (Fsp3) is 0.250. The molecular formula is C12H12N4O2. The zero-order chi connectivity index (χ0) is 12.5. The third kappa shape index (κ3) is 1.92. The van der Waals surface area contributed by atoms with E-state index in [2.05, 4.69) is 20.8 Å². The number of hydrogen-bond donors (Lipinski definition) is 2.